The number of hydrogen-bond donors (Lipinski definition) is 2. The van der Waals surface area contributed by atoms with Crippen LogP contribution in [0.15, 0.2) is 54.6 Å². The van der Waals surface area contributed by atoms with E-state index >= 15 is 0 Å². The molecule has 1 aliphatic carbocycles. The highest BCUT2D eigenvalue weighted by Gasteiger charge is 2.42. The summed E-state index contributed by atoms with van der Waals surface area (Å²) in [7, 11) is 0. The lowest BCUT2D eigenvalue weighted by atomic mass is 9.88. The zero-order valence-electron chi connectivity index (χ0n) is 13.5. The van der Waals surface area contributed by atoms with Crippen LogP contribution in [-0.2, 0) is 4.79 Å². The van der Waals surface area contributed by atoms with Crippen molar-refractivity contribution >= 4 is 17.5 Å². The molecule has 0 unspecified atom stereocenters. The number of carbonyl (C=O) groups excluding carboxylic acids is 1. The van der Waals surface area contributed by atoms with E-state index in [0.717, 1.165) is 24.0 Å². The van der Waals surface area contributed by atoms with Gasteiger partial charge >= 0.3 is 0 Å². The number of halogens is 1. The quantitative estimate of drug-likeness (QED) is 0.804. The van der Waals surface area contributed by atoms with Crippen LogP contribution in [-0.4, -0.2) is 24.2 Å². The molecule has 0 radical (unpaired) electrons. The van der Waals surface area contributed by atoms with Gasteiger partial charge in [0, 0.05) is 29.3 Å². The first kappa shape index (κ1) is 17.0. The van der Waals surface area contributed by atoms with Crippen molar-refractivity contribution in [3.8, 4) is 0 Å². The Kier molecular flexibility index (Phi) is 5.22. The zero-order chi connectivity index (χ0) is 17.0. The van der Waals surface area contributed by atoms with Crippen molar-refractivity contribution in [3.63, 3.8) is 0 Å². The lowest BCUT2D eigenvalue weighted by Gasteiger charge is -2.20. The minimum absolute atomic E-state index is 0.0107. The highest BCUT2D eigenvalue weighted by atomic mass is 35.5. The molecule has 2 N–H and O–H groups in total. The maximum Gasteiger partial charge on any atom is 0.220 e. The smallest absolute Gasteiger partial charge is 0.220 e. The molecule has 1 saturated carbocycles. The van der Waals surface area contributed by atoms with E-state index in [1.165, 1.54) is 0 Å². The maximum absolute atomic E-state index is 12.5. The SMILES string of the molecule is O=C(C[C@@H](c1ccccc1)c1ccccc1Cl)NCC1(CO)CC1. The highest BCUT2D eigenvalue weighted by molar-refractivity contribution is 6.31. The number of aliphatic hydroxyl groups excluding tert-OH is 1. The van der Waals surface area contributed by atoms with E-state index in [9.17, 15) is 9.90 Å². The summed E-state index contributed by atoms with van der Waals surface area (Å²) in [5, 5.41) is 13.0. The summed E-state index contributed by atoms with van der Waals surface area (Å²) in [6.07, 6.45) is 2.31. The molecule has 1 fully saturated rings. The minimum atomic E-state index is -0.0811. The van der Waals surface area contributed by atoms with Crippen LogP contribution in [0.1, 0.15) is 36.3 Å². The van der Waals surface area contributed by atoms with Gasteiger partial charge in [-0.1, -0.05) is 60.1 Å². The monoisotopic (exact) mass is 343 g/mol. The Morgan fingerprint density at radius 1 is 1.12 bits per heavy atom. The Bertz CT molecular complexity index is 698. The second-order valence-electron chi connectivity index (χ2n) is 6.62. The molecule has 126 valence electrons. The van der Waals surface area contributed by atoms with Crippen molar-refractivity contribution < 1.29 is 9.90 Å². The van der Waals surface area contributed by atoms with Crippen LogP contribution in [0.25, 0.3) is 0 Å². The molecule has 0 heterocycles. The van der Waals surface area contributed by atoms with E-state index in [4.69, 9.17) is 11.6 Å². The van der Waals surface area contributed by atoms with Gasteiger partial charge in [0.2, 0.25) is 5.91 Å². The van der Waals surface area contributed by atoms with Gasteiger partial charge in [-0.05, 0) is 30.0 Å². The third-order valence-electron chi connectivity index (χ3n) is 4.83. The van der Waals surface area contributed by atoms with Gasteiger partial charge in [-0.3, -0.25) is 4.79 Å². The van der Waals surface area contributed by atoms with Gasteiger partial charge < -0.3 is 10.4 Å². The first-order chi connectivity index (χ1) is 11.6. The molecule has 0 spiro atoms. The van der Waals surface area contributed by atoms with Crippen LogP contribution in [0.5, 0.6) is 0 Å². The predicted molar refractivity (Wildman–Crippen MR) is 96.1 cm³/mol. The first-order valence-electron chi connectivity index (χ1n) is 8.30. The maximum atomic E-state index is 12.5. The Balaban J connectivity index is 1.75. The minimum Gasteiger partial charge on any atom is -0.396 e. The zero-order valence-corrected chi connectivity index (χ0v) is 14.3. The molecule has 2 aromatic rings. The molecule has 3 rings (SSSR count). The summed E-state index contributed by atoms with van der Waals surface area (Å²) in [4.78, 5) is 12.5. The van der Waals surface area contributed by atoms with Crippen molar-refractivity contribution in [2.75, 3.05) is 13.2 Å². The summed E-state index contributed by atoms with van der Waals surface area (Å²) in [6.45, 7) is 0.687. The lowest BCUT2D eigenvalue weighted by molar-refractivity contribution is -0.121. The Morgan fingerprint density at radius 2 is 1.79 bits per heavy atom. The standard InChI is InChI=1S/C20H22ClNO2/c21-18-9-5-4-8-16(18)17(15-6-2-1-3-7-15)12-19(24)22-13-20(14-23)10-11-20/h1-9,17,23H,10-14H2,(H,22,24)/t17-/m0/s1. The fraction of sp³-hybridized carbons (Fsp3) is 0.350. The number of carbonyl (C=O) groups is 1. The summed E-state index contributed by atoms with van der Waals surface area (Å²) in [5.41, 5.74) is 1.95. The molecule has 24 heavy (non-hydrogen) atoms. The molecule has 3 nitrogen and oxygen atoms in total. The molecule has 0 saturated heterocycles. The van der Waals surface area contributed by atoms with Crippen molar-refractivity contribution in [2.45, 2.75) is 25.2 Å². The molecule has 0 bridgehead atoms. The van der Waals surface area contributed by atoms with Crippen molar-refractivity contribution in [1.82, 2.24) is 5.32 Å². The average molecular weight is 344 g/mol. The van der Waals surface area contributed by atoms with Crippen LogP contribution >= 0.6 is 11.6 Å². The summed E-state index contributed by atoms with van der Waals surface area (Å²) in [6, 6.07) is 17.6. The topological polar surface area (TPSA) is 49.3 Å². The van der Waals surface area contributed by atoms with Gasteiger partial charge in [-0.2, -0.15) is 0 Å². The number of aliphatic hydroxyl groups is 1. The third kappa shape index (κ3) is 3.97. The van der Waals surface area contributed by atoms with E-state index in [1.807, 2.05) is 54.6 Å². The van der Waals surface area contributed by atoms with Crippen LogP contribution in [0.3, 0.4) is 0 Å². The van der Waals surface area contributed by atoms with Gasteiger partial charge in [0.15, 0.2) is 0 Å². The molecule has 2 aromatic carbocycles. The molecule has 1 amide bonds. The van der Waals surface area contributed by atoms with Crippen molar-refractivity contribution in [1.29, 1.82) is 0 Å². The highest BCUT2D eigenvalue weighted by Crippen LogP contribution is 2.44. The fourth-order valence-corrected chi connectivity index (χ4v) is 3.23. The van der Waals surface area contributed by atoms with Gasteiger partial charge in [-0.25, -0.2) is 0 Å². The number of nitrogens with one attached hydrogen (secondary N) is 1. The normalized spacial score (nSPS) is 16.4. The van der Waals surface area contributed by atoms with Gasteiger partial charge in [0.1, 0.15) is 0 Å². The van der Waals surface area contributed by atoms with Gasteiger partial charge in [0.05, 0.1) is 6.61 Å². The van der Waals surface area contributed by atoms with E-state index < -0.39 is 0 Å². The molecule has 0 aromatic heterocycles. The second kappa shape index (κ2) is 7.37. The summed E-state index contributed by atoms with van der Waals surface area (Å²) >= 11 is 6.37. The van der Waals surface area contributed by atoms with Crippen LogP contribution in [0.2, 0.25) is 5.02 Å². The van der Waals surface area contributed by atoms with Crippen LogP contribution in [0, 0.1) is 5.41 Å². The molecular weight excluding hydrogens is 322 g/mol. The first-order valence-corrected chi connectivity index (χ1v) is 8.68. The van der Waals surface area contributed by atoms with Gasteiger partial charge in [0.25, 0.3) is 0 Å². The Hall–Kier alpha value is -1.84. The van der Waals surface area contributed by atoms with E-state index in [-0.39, 0.29) is 23.8 Å². The molecule has 1 aliphatic rings. The van der Waals surface area contributed by atoms with Crippen molar-refractivity contribution in [2.24, 2.45) is 5.41 Å². The number of amides is 1. The van der Waals surface area contributed by atoms with Crippen molar-refractivity contribution in [3.05, 3.63) is 70.7 Å². The van der Waals surface area contributed by atoms with E-state index in [2.05, 4.69) is 5.32 Å². The molecule has 1 atom stereocenters. The van der Waals surface area contributed by atoms with Crippen LogP contribution < -0.4 is 5.32 Å². The largest absolute Gasteiger partial charge is 0.396 e. The van der Waals surface area contributed by atoms with Gasteiger partial charge in [-0.15, -0.1) is 0 Å². The molecular formula is C20H22ClNO2. The Morgan fingerprint density at radius 3 is 2.42 bits per heavy atom. The van der Waals surface area contributed by atoms with E-state index in [0.29, 0.717) is 18.0 Å². The number of rotatable bonds is 7. The molecule has 0 aliphatic heterocycles. The fourth-order valence-electron chi connectivity index (χ4n) is 2.96. The third-order valence-corrected chi connectivity index (χ3v) is 5.17. The average Bonchev–Trinajstić information content (AvgIpc) is 3.40. The Labute approximate surface area is 147 Å². The van der Waals surface area contributed by atoms with E-state index in [1.54, 1.807) is 0 Å². The number of hydrogen-bond acceptors (Lipinski definition) is 2. The summed E-state index contributed by atoms with van der Waals surface area (Å²) < 4.78 is 0. The second-order valence-corrected chi connectivity index (χ2v) is 7.03. The summed E-state index contributed by atoms with van der Waals surface area (Å²) in [5.74, 6) is -0.0901. The predicted octanol–water partition coefficient (Wildman–Crippen LogP) is 3.75. The number of benzene rings is 2. The molecule has 4 heteroatoms. The van der Waals surface area contributed by atoms with Crippen LogP contribution in [0.4, 0.5) is 0 Å². The lowest BCUT2D eigenvalue weighted by Crippen LogP contribution is -2.32.